The van der Waals surface area contributed by atoms with E-state index < -0.39 is 11.2 Å². The lowest BCUT2D eigenvalue weighted by molar-refractivity contribution is 0.626. The summed E-state index contributed by atoms with van der Waals surface area (Å²) < 4.78 is 17.2. The zero-order valence-electron chi connectivity index (χ0n) is 14.0. The first-order valence-electron chi connectivity index (χ1n) is 7.78. The molecule has 3 rings (SSSR count). The Morgan fingerprint density at radius 1 is 1.16 bits per heavy atom. The van der Waals surface area contributed by atoms with Crippen LogP contribution in [0, 0.1) is 5.82 Å². The molecule has 0 aliphatic carbocycles. The lowest BCUT2D eigenvalue weighted by Gasteiger charge is -2.10. The summed E-state index contributed by atoms with van der Waals surface area (Å²) in [5.74, 6) is 0.0992. The Morgan fingerprint density at radius 3 is 2.48 bits per heavy atom. The molecule has 9 heteroatoms. The Balaban J connectivity index is 2.24. The van der Waals surface area contributed by atoms with Gasteiger partial charge in [-0.25, -0.2) is 9.18 Å². The Morgan fingerprint density at radius 2 is 1.84 bits per heavy atom. The molecule has 0 aliphatic rings. The Labute approximate surface area is 142 Å². The molecule has 0 radical (unpaired) electrons. The third-order valence-corrected chi connectivity index (χ3v) is 4.03. The van der Waals surface area contributed by atoms with E-state index in [4.69, 9.17) is 5.73 Å². The van der Waals surface area contributed by atoms with Crippen molar-refractivity contribution in [2.45, 2.75) is 6.54 Å². The second-order valence-electron chi connectivity index (χ2n) is 5.74. The van der Waals surface area contributed by atoms with E-state index in [1.807, 2.05) is 0 Å². The smallest absolute Gasteiger partial charge is 0.332 e. The van der Waals surface area contributed by atoms with Gasteiger partial charge in [0.1, 0.15) is 5.82 Å². The number of anilines is 1. The van der Waals surface area contributed by atoms with E-state index in [9.17, 15) is 14.0 Å². The summed E-state index contributed by atoms with van der Waals surface area (Å²) in [6, 6.07) is 5.99. The standard InChI is InChI=1S/C16H19FN6O2/c1-21-13-12(14(24)22(2)16(21)25)23(15(20-13)19-8-7-18)9-10-3-5-11(17)6-4-10/h3-6H,7-9,18H2,1-2H3,(H,19,20). The number of aromatic nitrogens is 4. The molecule has 0 aliphatic heterocycles. The number of nitrogens with zero attached hydrogens (tertiary/aromatic N) is 4. The minimum Gasteiger partial charge on any atom is -0.354 e. The SMILES string of the molecule is Cn1c(=O)c2c(nc(NCCN)n2Cc2ccc(F)cc2)n(C)c1=O. The van der Waals surface area contributed by atoms with Crippen molar-refractivity contribution in [1.29, 1.82) is 0 Å². The van der Waals surface area contributed by atoms with Crippen molar-refractivity contribution >= 4 is 17.1 Å². The fourth-order valence-electron chi connectivity index (χ4n) is 2.69. The lowest BCUT2D eigenvalue weighted by Crippen LogP contribution is -2.37. The van der Waals surface area contributed by atoms with Gasteiger partial charge in [-0.05, 0) is 17.7 Å². The molecule has 25 heavy (non-hydrogen) atoms. The molecule has 0 unspecified atom stereocenters. The van der Waals surface area contributed by atoms with E-state index in [0.717, 1.165) is 10.1 Å². The zero-order chi connectivity index (χ0) is 18.1. The molecule has 3 aromatic rings. The summed E-state index contributed by atoms with van der Waals surface area (Å²) in [4.78, 5) is 29.2. The van der Waals surface area contributed by atoms with Crippen LogP contribution in [-0.4, -0.2) is 31.8 Å². The van der Waals surface area contributed by atoms with Crippen molar-refractivity contribution < 1.29 is 4.39 Å². The summed E-state index contributed by atoms with van der Waals surface area (Å²) in [7, 11) is 2.98. The Hall–Kier alpha value is -2.94. The van der Waals surface area contributed by atoms with Crippen LogP contribution >= 0.6 is 0 Å². The van der Waals surface area contributed by atoms with Gasteiger partial charge in [0.25, 0.3) is 5.56 Å². The summed E-state index contributed by atoms with van der Waals surface area (Å²) in [6.07, 6.45) is 0. The highest BCUT2D eigenvalue weighted by Gasteiger charge is 2.19. The highest BCUT2D eigenvalue weighted by atomic mass is 19.1. The van der Waals surface area contributed by atoms with Crippen molar-refractivity contribution in [1.82, 2.24) is 18.7 Å². The highest BCUT2D eigenvalue weighted by Crippen LogP contribution is 2.18. The number of rotatable bonds is 5. The van der Waals surface area contributed by atoms with E-state index in [1.54, 1.807) is 23.7 Å². The van der Waals surface area contributed by atoms with Gasteiger partial charge in [0.05, 0.1) is 6.54 Å². The molecule has 0 saturated carbocycles. The molecule has 1 aromatic carbocycles. The maximum absolute atomic E-state index is 13.1. The molecule has 0 bridgehead atoms. The molecule has 8 nitrogen and oxygen atoms in total. The third-order valence-electron chi connectivity index (χ3n) is 4.03. The van der Waals surface area contributed by atoms with Gasteiger partial charge in [0.15, 0.2) is 11.2 Å². The quantitative estimate of drug-likeness (QED) is 0.677. The molecule has 0 amide bonds. The van der Waals surface area contributed by atoms with E-state index in [-0.39, 0.29) is 11.5 Å². The Bertz CT molecular complexity index is 1030. The van der Waals surface area contributed by atoms with Crippen LogP contribution in [0.4, 0.5) is 10.3 Å². The maximum Gasteiger partial charge on any atom is 0.332 e. The second kappa shape index (κ2) is 6.52. The number of hydrogen-bond acceptors (Lipinski definition) is 5. The third kappa shape index (κ3) is 2.93. The monoisotopic (exact) mass is 346 g/mol. The summed E-state index contributed by atoms with van der Waals surface area (Å²) in [5, 5.41) is 3.07. The average molecular weight is 346 g/mol. The molecule has 132 valence electrons. The van der Waals surface area contributed by atoms with Gasteiger partial charge < -0.3 is 11.1 Å². The van der Waals surface area contributed by atoms with Crippen LogP contribution in [0.3, 0.4) is 0 Å². The number of nitrogens with one attached hydrogen (secondary N) is 1. The van der Waals surface area contributed by atoms with Crippen molar-refractivity contribution in [2.75, 3.05) is 18.4 Å². The first kappa shape index (κ1) is 16.9. The molecular formula is C16H19FN6O2. The number of benzene rings is 1. The van der Waals surface area contributed by atoms with Crippen LogP contribution in [0.1, 0.15) is 5.56 Å². The predicted molar refractivity (Wildman–Crippen MR) is 93.3 cm³/mol. The molecular weight excluding hydrogens is 327 g/mol. The fraction of sp³-hybridized carbons (Fsp3) is 0.312. The molecule has 2 aromatic heterocycles. The Kier molecular flexibility index (Phi) is 4.41. The van der Waals surface area contributed by atoms with Crippen LogP contribution in [0.2, 0.25) is 0 Å². The van der Waals surface area contributed by atoms with Crippen LogP contribution in [-0.2, 0) is 20.6 Å². The summed E-state index contributed by atoms with van der Waals surface area (Å²) in [5.41, 5.74) is 6.03. The number of nitrogens with two attached hydrogens (primary N) is 1. The van der Waals surface area contributed by atoms with Gasteiger partial charge in [-0.15, -0.1) is 0 Å². The van der Waals surface area contributed by atoms with E-state index >= 15 is 0 Å². The molecule has 0 spiro atoms. The zero-order valence-corrected chi connectivity index (χ0v) is 14.0. The average Bonchev–Trinajstić information content (AvgIpc) is 2.96. The van der Waals surface area contributed by atoms with Gasteiger partial charge in [-0.1, -0.05) is 12.1 Å². The lowest BCUT2D eigenvalue weighted by atomic mass is 10.2. The topological polar surface area (TPSA) is 99.9 Å². The number of halogens is 1. The molecule has 0 fully saturated rings. The van der Waals surface area contributed by atoms with E-state index in [0.29, 0.717) is 31.1 Å². The van der Waals surface area contributed by atoms with Crippen molar-refractivity contribution in [2.24, 2.45) is 19.8 Å². The van der Waals surface area contributed by atoms with Crippen molar-refractivity contribution in [3.8, 4) is 0 Å². The van der Waals surface area contributed by atoms with Crippen LogP contribution in [0.25, 0.3) is 11.2 Å². The number of fused-ring (bicyclic) bond motifs is 1. The maximum atomic E-state index is 13.1. The van der Waals surface area contributed by atoms with Gasteiger partial charge in [0.2, 0.25) is 5.95 Å². The number of hydrogen-bond donors (Lipinski definition) is 2. The highest BCUT2D eigenvalue weighted by molar-refractivity contribution is 5.74. The van der Waals surface area contributed by atoms with E-state index in [1.165, 1.54) is 23.7 Å². The summed E-state index contributed by atoms with van der Waals surface area (Å²) >= 11 is 0. The van der Waals surface area contributed by atoms with Crippen molar-refractivity contribution in [3.63, 3.8) is 0 Å². The predicted octanol–water partition coefficient (Wildman–Crippen LogP) is -0.00830. The minimum atomic E-state index is -0.450. The number of aryl methyl sites for hydroxylation is 1. The van der Waals surface area contributed by atoms with Crippen LogP contribution in [0.15, 0.2) is 33.9 Å². The largest absolute Gasteiger partial charge is 0.354 e. The first-order chi connectivity index (χ1) is 11.9. The fourth-order valence-corrected chi connectivity index (χ4v) is 2.69. The van der Waals surface area contributed by atoms with Crippen molar-refractivity contribution in [3.05, 3.63) is 56.5 Å². The number of imidazole rings is 1. The summed E-state index contributed by atoms with van der Waals surface area (Å²) in [6.45, 7) is 1.15. The van der Waals surface area contributed by atoms with Gasteiger partial charge in [-0.2, -0.15) is 4.98 Å². The van der Waals surface area contributed by atoms with Crippen LogP contribution in [0.5, 0.6) is 0 Å². The van der Waals surface area contributed by atoms with Gasteiger partial charge in [0, 0.05) is 27.2 Å². The minimum absolute atomic E-state index is 0.287. The molecule has 0 saturated heterocycles. The van der Waals surface area contributed by atoms with Gasteiger partial charge >= 0.3 is 5.69 Å². The molecule has 2 heterocycles. The molecule has 3 N–H and O–H groups in total. The first-order valence-corrected chi connectivity index (χ1v) is 7.78. The van der Waals surface area contributed by atoms with Gasteiger partial charge in [-0.3, -0.25) is 18.5 Å². The normalized spacial score (nSPS) is 11.2. The van der Waals surface area contributed by atoms with E-state index in [2.05, 4.69) is 10.3 Å². The molecule has 0 atom stereocenters. The second-order valence-corrected chi connectivity index (χ2v) is 5.74. The van der Waals surface area contributed by atoms with Crippen LogP contribution < -0.4 is 22.3 Å².